The maximum atomic E-state index is 13.3. The molecule has 59 heavy (non-hydrogen) atoms. The van der Waals surface area contributed by atoms with E-state index in [2.05, 4.69) is 41.5 Å². The van der Waals surface area contributed by atoms with Crippen LogP contribution in [0.15, 0.2) is 0 Å². The van der Waals surface area contributed by atoms with E-state index in [9.17, 15) is 20.1 Å². The van der Waals surface area contributed by atoms with Crippen LogP contribution in [0.4, 0.5) is 0 Å². The van der Waals surface area contributed by atoms with Crippen LogP contribution in [0, 0.1) is 35.5 Å². The van der Waals surface area contributed by atoms with Gasteiger partial charge in [-0.1, -0.05) is 106 Å². The van der Waals surface area contributed by atoms with Crippen LogP contribution in [0.25, 0.3) is 0 Å². The van der Waals surface area contributed by atoms with Gasteiger partial charge < -0.3 is 48.5 Å². The van der Waals surface area contributed by atoms with E-state index in [1.54, 1.807) is 7.11 Å². The summed E-state index contributed by atoms with van der Waals surface area (Å²) in [4.78, 5) is 13.3. The highest BCUT2D eigenvalue weighted by molar-refractivity contribution is 5.72. The molecule has 344 valence electrons. The monoisotopic (exact) mass is 839 g/mol. The molecule has 5 aliphatic heterocycles. The summed E-state index contributed by atoms with van der Waals surface area (Å²) in [5.41, 5.74) is -1.13. The van der Waals surface area contributed by atoms with Gasteiger partial charge >= 0.3 is 5.97 Å². The van der Waals surface area contributed by atoms with E-state index in [1.165, 1.54) is 51.4 Å². The van der Waals surface area contributed by atoms with Crippen LogP contribution < -0.4 is 0 Å². The Bertz CT molecular complexity index is 1300. The molecule has 0 amide bonds. The Hall–Kier alpha value is -0.890. The summed E-state index contributed by atoms with van der Waals surface area (Å²) < 4.78 is 46.1. The number of unbranched alkanes of at least 4 members (excludes halogenated alkanes) is 9. The number of esters is 1. The number of rotatable bonds is 21. The van der Waals surface area contributed by atoms with E-state index < -0.39 is 53.6 Å². The van der Waals surface area contributed by atoms with Gasteiger partial charge in [0.2, 0.25) is 0 Å². The van der Waals surface area contributed by atoms with Crippen molar-refractivity contribution in [1.29, 1.82) is 0 Å². The molecular formula is C48H86O11. The van der Waals surface area contributed by atoms with Crippen LogP contribution in [0.5, 0.6) is 0 Å². The molecule has 5 aliphatic rings. The van der Waals surface area contributed by atoms with Crippen molar-refractivity contribution in [3.8, 4) is 0 Å². The Morgan fingerprint density at radius 1 is 0.864 bits per heavy atom. The number of aliphatic hydroxyl groups is 3. The summed E-state index contributed by atoms with van der Waals surface area (Å²) in [7, 11) is 1.64. The molecule has 0 aliphatic carbocycles. The first-order valence-corrected chi connectivity index (χ1v) is 24.1. The van der Waals surface area contributed by atoms with Crippen LogP contribution in [0.2, 0.25) is 0 Å². The van der Waals surface area contributed by atoms with Gasteiger partial charge in [-0.3, -0.25) is 4.79 Å². The lowest BCUT2D eigenvalue weighted by molar-refractivity contribution is -0.336. The third-order valence-electron chi connectivity index (χ3n) is 15.8. The van der Waals surface area contributed by atoms with E-state index >= 15 is 0 Å². The van der Waals surface area contributed by atoms with Crippen molar-refractivity contribution in [2.45, 2.75) is 243 Å². The van der Waals surface area contributed by atoms with Gasteiger partial charge in [0.05, 0.1) is 73.1 Å². The molecule has 3 N–H and O–H groups in total. The second-order valence-electron chi connectivity index (χ2n) is 20.3. The molecule has 11 nitrogen and oxygen atoms in total. The Labute approximate surface area is 357 Å². The zero-order valence-electron chi connectivity index (χ0n) is 38.8. The fourth-order valence-electron chi connectivity index (χ4n) is 11.8. The predicted molar refractivity (Wildman–Crippen MR) is 227 cm³/mol. The molecule has 5 heterocycles. The highest BCUT2D eigenvalue weighted by Crippen LogP contribution is 2.55. The minimum Gasteiger partial charge on any atom is -0.465 e. The van der Waals surface area contributed by atoms with Crippen molar-refractivity contribution in [3.63, 3.8) is 0 Å². The topological polar surface area (TPSA) is 142 Å². The second kappa shape index (κ2) is 21.2. The fraction of sp³-hybridized carbons (Fsp3) is 0.979. The van der Waals surface area contributed by atoms with Crippen molar-refractivity contribution < 1.29 is 53.3 Å². The van der Waals surface area contributed by atoms with E-state index in [4.69, 9.17) is 33.2 Å². The van der Waals surface area contributed by atoms with Gasteiger partial charge in [-0.25, -0.2) is 0 Å². The summed E-state index contributed by atoms with van der Waals surface area (Å²) in [6, 6.07) is 0. The summed E-state index contributed by atoms with van der Waals surface area (Å²) in [6.45, 7) is 18.8. The van der Waals surface area contributed by atoms with Crippen LogP contribution in [0.1, 0.15) is 178 Å². The molecule has 5 saturated heterocycles. The van der Waals surface area contributed by atoms with E-state index in [-0.39, 0.29) is 60.0 Å². The zero-order chi connectivity index (χ0) is 43.2. The van der Waals surface area contributed by atoms with Crippen LogP contribution >= 0.6 is 0 Å². The van der Waals surface area contributed by atoms with Crippen LogP contribution in [-0.2, 0) is 38.0 Å². The number of hydrogen-bond donors (Lipinski definition) is 3. The predicted octanol–water partition coefficient (Wildman–Crippen LogP) is 8.65. The highest BCUT2D eigenvalue weighted by Gasteiger charge is 2.62. The van der Waals surface area contributed by atoms with Crippen molar-refractivity contribution in [3.05, 3.63) is 0 Å². The summed E-state index contributed by atoms with van der Waals surface area (Å²) in [6.07, 6.45) is 15.6. The van der Waals surface area contributed by atoms with Gasteiger partial charge in [0.1, 0.15) is 0 Å². The zero-order valence-corrected chi connectivity index (χ0v) is 38.8. The summed E-state index contributed by atoms with van der Waals surface area (Å²) in [5.74, 6) is -3.46. The van der Waals surface area contributed by atoms with Gasteiger partial charge in [-0.05, 0) is 70.6 Å². The first-order chi connectivity index (χ1) is 28.0. The van der Waals surface area contributed by atoms with Gasteiger partial charge in [0.15, 0.2) is 11.6 Å². The molecule has 17 atom stereocenters. The average molecular weight is 839 g/mol. The first-order valence-electron chi connectivity index (χ1n) is 24.1. The van der Waals surface area contributed by atoms with Crippen LogP contribution in [0.3, 0.4) is 0 Å². The molecule has 0 saturated carbocycles. The molecule has 11 heteroatoms. The molecule has 5 fully saturated rings. The van der Waals surface area contributed by atoms with Crippen molar-refractivity contribution >= 4 is 5.97 Å². The molecule has 0 radical (unpaired) electrons. The van der Waals surface area contributed by atoms with E-state index in [0.29, 0.717) is 19.4 Å². The molecule has 5 rings (SSSR count). The van der Waals surface area contributed by atoms with Gasteiger partial charge in [-0.2, -0.15) is 0 Å². The largest absolute Gasteiger partial charge is 0.465 e. The molecule has 0 aromatic heterocycles. The molecule has 0 bridgehead atoms. The van der Waals surface area contributed by atoms with E-state index in [1.807, 2.05) is 20.8 Å². The smallest absolute Gasteiger partial charge is 0.311 e. The number of aliphatic hydroxyl groups excluding tert-OH is 2. The lowest BCUT2D eigenvalue weighted by atomic mass is 9.78. The fourth-order valence-corrected chi connectivity index (χ4v) is 11.8. The number of hydrogen-bond acceptors (Lipinski definition) is 11. The van der Waals surface area contributed by atoms with E-state index in [0.717, 1.165) is 51.4 Å². The second-order valence-corrected chi connectivity index (χ2v) is 20.3. The molecular weight excluding hydrogens is 753 g/mol. The standard InChI is InChI=1S/C48H86O11/c1-11-13-14-15-16-17-18-19-20-21-26-54-44(51)36(8)41(53-10)35(7)42-34(6)37(50)29-47(57-42)25-24-45(9,59-47)39-22-23-46(12-2,56-39)43-32(4)28-38(55-43)40-31(3)27-33(5)48(52,30-49)58-40/h31-43,49-50,52H,11-30H2,1-10H3/t31-,32-,33+,34+,35-,36-,37-,38+,39+,40-,41+,42-,43+,45-,46-,47+,48-/m0/s1. The third-order valence-corrected chi connectivity index (χ3v) is 15.8. The maximum Gasteiger partial charge on any atom is 0.311 e. The molecule has 0 aromatic carbocycles. The minimum atomic E-state index is -1.56. The van der Waals surface area contributed by atoms with Crippen LogP contribution in [-0.4, -0.2) is 107 Å². The lowest BCUT2D eigenvalue weighted by Gasteiger charge is -2.49. The lowest BCUT2D eigenvalue weighted by Crippen LogP contribution is -2.57. The third kappa shape index (κ3) is 11.1. The SMILES string of the molecule is CCCCCCCCCCCCOC(=O)[C@@H](C)[C@H](OC)[C@H](C)[C@H]1O[C@@]2(CC[C@@](C)([C@H]3CC[C@@](CC)([C@@H]4O[C@@H]([C@H]5O[C@@](O)(CO)[C@H](C)C[C@@H]5C)C[C@@H]4C)O3)O2)C[C@H](O)[C@H]1C. The van der Waals surface area contributed by atoms with Gasteiger partial charge in [0.25, 0.3) is 0 Å². The number of ether oxygens (including phenoxy) is 7. The Morgan fingerprint density at radius 2 is 1.53 bits per heavy atom. The van der Waals surface area contributed by atoms with Gasteiger partial charge in [-0.15, -0.1) is 0 Å². The number of methoxy groups -OCH3 is 1. The summed E-state index contributed by atoms with van der Waals surface area (Å²) in [5, 5.41) is 32.6. The summed E-state index contributed by atoms with van der Waals surface area (Å²) >= 11 is 0. The normalized spacial score (nSPS) is 42.9. The quantitative estimate of drug-likeness (QED) is 0.0756. The number of carbonyl (C=O) groups excluding carboxylic acids is 1. The highest BCUT2D eigenvalue weighted by atomic mass is 16.7. The first kappa shape index (κ1) is 49.1. The van der Waals surface area contributed by atoms with Crippen molar-refractivity contribution in [2.75, 3.05) is 20.3 Å². The molecule has 0 unspecified atom stereocenters. The Balaban J connectivity index is 1.15. The minimum absolute atomic E-state index is 0.146. The number of carbonyl (C=O) groups is 1. The Kier molecular flexibility index (Phi) is 17.6. The Morgan fingerprint density at radius 3 is 2.15 bits per heavy atom. The van der Waals surface area contributed by atoms with Gasteiger partial charge in [0, 0.05) is 37.7 Å². The molecule has 0 aromatic rings. The van der Waals surface area contributed by atoms with Crippen molar-refractivity contribution in [2.24, 2.45) is 35.5 Å². The maximum absolute atomic E-state index is 13.3. The molecule has 1 spiro atoms. The average Bonchev–Trinajstić information content (AvgIpc) is 3.93. The van der Waals surface area contributed by atoms with Crippen molar-refractivity contribution in [1.82, 2.24) is 0 Å².